The summed E-state index contributed by atoms with van der Waals surface area (Å²) >= 11 is 1.50. The maximum atomic E-state index is 5.65. The Labute approximate surface area is 92.3 Å². The largest absolute Gasteiger partial charge is 0.339 e. The molecule has 2 rings (SSSR count). The van der Waals surface area contributed by atoms with E-state index in [1.54, 1.807) is 12.4 Å². The highest BCUT2D eigenvalue weighted by molar-refractivity contribution is 7.99. The SMILES string of the molecule is Cc1ccc(CN)c(Sc2ncc[nH]2)n1. The van der Waals surface area contributed by atoms with Gasteiger partial charge in [0.1, 0.15) is 5.03 Å². The Hall–Kier alpha value is -1.33. The molecule has 3 N–H and O–H groups in total. The van der Waals surface area contributed by atoms with E-state index in [0.717, 1.165) is 21.4 Å². The normalized spacial score (nSPS) is 10.5. The summed E-state index contributed by atoms with van der Waals surface area (Å²) in [5, 5.41) is 1.76. The van der Waals surface area contributed by atoms with Crippen molar-refractivity contribution >= 4 is 11.8 Å². The third-order valence-corrected chi connectivity index (χ3v) is 2.93. The fourth-order valence-corrected chi connectivity index (χ4v) is 2.10. The molecule has 0 atom stereocenters. The Kier molecular flexibility index (Phi) is 3.03. The smallest absolute Gasteiger partial charge is 0.171 e. The minimum absolute atomic E-state index is 0.496. The molecule has 0 unspecified atom stereocenters. The van der Waals surface area contributed by atoms with Gasteiger partial charge in [-0.1, -0.05) is 6.07 Å². The molecule has 2 heterocycles. The minimum Gasteiger partial charge on any atom is -0.339 e. The van der Waals surface area contributed by atoms with Crippen LogP contribution in [0.1, 0.15) is 11.3 Å². The number of hydrogen-bond donors (Lipinski definition) is 2. The Morgan fingerprint density at radius 2 is 2.33 bits per heavy atom. The van der Waals surface area contributed by atoms with Crippen LogP contribution >= 0.6 is 11.8 Å². The molecule has 0 aliphatic rings. The monoisotopic (exact) mass is 220 g/mol. The van der Waals surface area contributed by atoms with E-state index in [-0.39, 0.29) is 0 Å². The van der Waals surface area contributed by atoms with Crippen molar-refractivity contribution in [1.29, 1.82) is 0 Å². The first kappa shape index (κ1) is 10.2. The number of H-pyrrole nitrogens is 1. The van der Waals surface area contributed by atoms with Gasteiger partial charge in [-0.05, 0) is 30.3 Å². The second-order valence-corrected chi connectivity index (χ2v) is 4.09. The minimum atomic E-state index is 0.496. The summed E-state index contributed by atoms with van der Waals surface area (Å²) in [5.74, 6) is 0. The molecule has 0 amide bonds. The Morgan fingerprint density at radius 1 is 1.47 bits per heavy atom. The molecule has 0 aromatic carbocycles. The van der Waals surface area contributed by atoms with Crippen LogP contribution < -0.4 is 5.73 Å². The van der Waals surface area contributed by atoms with E-state index in [0.29, 0.717) is 6.54 Å². The van der Waals surface area contributed by atoms with Crippen LogP contribution in [0.5, 0.6) is 0 Å². The molecular weight excluding hydrogens is 208 g/mol. The first-order valence-electron chi connectivity index (χ1n) is 4.63. The summed E-state index contributed by atoms with van der Waals surface area (Å²) in [5.41, 5.74) is 7.68. The Bertz CT molecular complexity index is 439. The second-order valence-electron chi connectivity index (χ2n) is 3.12. The lowest BCUT2D eigenvalue weighted by atomic mass is 10.2. The third-order valence-electron chi connectivity index (χ3n) is 1.96. The summed E-state index contributed by atoms with van der Waals surface area (Å²) < 4.78 is 0. The van der Waals surface area contributed by atoms with Gasteiger partial charge in [-0.15, -0.1) is 0 Å². The third kappa shape index (κ3) is 2.37. The highest BCUT2D eigenvalue weighted by Gasteiger charge is 2.06. The van der Waals surface area contributed by atoms with Gasteiger partial charge in [0.2, 0.25) is 0 Å². The number of hydrogen-bond acceptors (Lipinski definition) is 4. The molecule has 0 saturated carbocycles. The van der Waals surface area contributed by atoms with E-state index in [1.807, 2.05) is 19.1 Å². The topological polar surface area (TPSA) is 67.6 Å². The number of aromatic amines is 1. The Morgan fingerprint density at radius 3 is 3.00 bits per heavy atom. The fraction of sp³-hybridized carbons (Fsp3) is 0.200. The predicted molar refractivity (Wildman–Crippen MR) is 59.6 cm³/mol. The zero-order chi connectivity index (χ0) is 10.7. The van der Waals surface area contributed by atoms with Crippen molar-refractivity contribution in [3.63, 3.8) is 0 Å². The number of nitrogens with one attached hydrogen (secondary N) is 1. The van der Waals surface area contributed by atoms with E-state index in [1.165, 1.54) is 11.8 Å². The molecule has 0 aliphatic carbocycles. The lowest BCUT2D eigenvalue weighted by Crippen LogP contribution is -2.01. The predicted octanol–water partition coefficient (Wildman–Crippen LogP) is 1.72. The van der Waals surface area contributed by atoms with Crippen molar-refractivity contribution in [2.75, 3.05) is 0 Å². The molecule has 0 bridgehead atoms. The van der Waals surface area contributed by atoms with Gasteiger partial charge in [-0.3, -0.25) is 0 Å². The first-order chi connectivity index (χ1) is 7.29. The maximum Gasteiger partial charge on any atom is 0.171 e. The van der Waals surface area contributed by atoms with Crippen LogP contribution in [0.25, 0.3) is 0 Å². The zero-order valence-electron chi connectivity index (χ0n) is 8.40. The molecule has 5 heteroatoms. The lowest BCUT2D eigenvalue weighted by Gasteiger charge is -2.05. The van der Waals surface area contributed by atoms with Gasteiger partial charge in [0, 0.05) is 24.6 Å². The molecule has 15 heavy (non-hydrogen) atoms. The van der Waals surface area contributed by atoms with Crippen molar-refractivity contribution in [1.82, 2.24) is 15.0 Å². The van der Waals surface area contributed by atoms with E-state index in [9.17, 15) is 0 Å². The van der Waals surface area contributed by atoms with E-state index in [2.05, 4.69) is 15.0 Å². The quantitative estimate of drug-likeness (QED) is 0.826. The first-order valence-corrected chi connectivity index (χ1v) is 5.45. The highest BCUT2D eigenvalue weighted by atomic mass is 32.2. The van der Waals surface area contributed by atoms with Gasteiger partial charge < -0.3 is 10.7 Å². The summed E-state index contributed by atoms with van der Waals surface area (Å²) in [6, 6.07) is 3.97. The van der Waals surface area contributed by atoms with Crippen LogP contribution in [0.2, 0.25) is 0 Å². The van der Waals surface area contributed by atoms with Gasteiger partial charge in [0.05, 0.1) is 0 Å². The van der Waals surface area contributed by atoms with Crippen molar-refractivity contribution < 1.29 is 0 Å². The number of imidazole rings is 1. The Balaban J connectivity index is 2.30. The molecule has 4 nitrogen and oxygen atoms in total. The van der Waals surface area contributed by atoms with Crippen LogP contribution in [-0.2, 0) is 6.54 Å². The summed E-state index contributed by atoms with van der Waals surface area (Å²) in [6.07, 6.45) is 3.51. The second kappa shape index (κ2) is 4.46. The lowest BCUT2D eigenvalue weighted by molar-refractivity contribution is 0.934. The van der Waals surface area contributed by atoms with Gasteiger partial charge >= 0.3 is 0 Å². The van der Waals surface area contributed by atoms with E-state index in [4.69, 9.17) is 5.73 Å². The van der Waals surface area contributed by atoms with Crippen LogP contribution in [0, 0.1) is 6.92 Å². The molecule has 2 aromatic heterocycles. The van der Waals surface area contributed by atoms with Crippen LogP contribution in [0.4, 0.5) is 0 Å². The highest BCUT2D eigenvalue weighted by Crippen LogP contribution is 2.25. The van der Waals surface area contributed by atoms with Gasteiger partial charge in [-0.2, -0.15) is 0 Å². The van der Waals surface area contributed by atoms with Gasteiger partial charge in [-0.25, -0.2) is 9.97 Å². The molecule has 0 fully saturated rings. The van der Waals surface area contributed by atoms with Crippen molar-refractivity contribution in [2.24, 2.45) is 5.73 Å². The van der Waals surface area contributed by atoms with Crippen LogP contribution in [0.15, 0.2) is 34.7 Å². The number of aromatic nitrogens is 3. The number of aryl methyl sites for hydroxylation is 1. The molecule has 0 aliphatic heterocycles. The van der Waals surface area contributed by atoms with Crippen LogP contribution in [-0.4, -0.2) is 15.0 Å². The average molecular weight is 220 g/mol. The van der Waals surface area contributed by atoms with Crippen LogP contribution in [0.3, 0.4) is 0 Å². The molecule has 78 valence electrons. The molecule has 0 radical (unpaired) electrons. The molecule has 0 spiro atoms. The summed E-state index contributed by atoms with van der Waals surface area (Å²) in [4.78, 5) is 11.6. The number of nitrogens with zero attached hydrogens (tertiary/aromatic N) is 2. The van der Waals surface area contributed by atoms with Crippen molar-refractivity contribution in [3.8, 4) is 0 Å². The summed E-state index contributed by atoms with van der Waals surface area (Å²) in [7, 11) is 0. The zero-order valence-corrected chi connectivity index (χ0v) is 9.21. The van der Waals surface area contributed by atoms with E-state index < -0.39 is 0 Å². The molecule has 2 aromatic rings. The number of nitrogens with two attached hydrogens (primary N) is 1. The fourth-order valence-electron chi connectivity index (χ4n) is 1.20. The number of rotatable bonds is 3. The van der Waals surface area contributed by atoms with Crippen molar-refractivity contribution in [3.05, 3.63) is 35.8 Å². The standard InChI is InChI=1S/C10H12N4S/c1-7-2-3-8(6-11)9(14-7)15-10-12-4-5-13-10/h2-5H,6,11H2,1H3,(H,12,13). The van der Waals surface area contributed by atoms with Crippen molar-refractivity contribution in [2.45, 2.75) is 23.7 Å². The van der Waals surface area contributed by atoms with E-state index >= 15 is 0 Å². The maximum absolute atomic E-state index is 5.65. The van der Waals surface area contributed by atoms with Gasteiger partial charge in [0.15, 0.2) is 5.16 Å². The average Bonchev–Trinajstić information content (AvgIpc) is 2.71. The number of pyridine rings is 1. The molecule has 0 saturated heterocycles. The summed E-state index contributed by atoms with van der Waals surface area (Å²) in [6.45, 7) is 2.46. The molecular formula is C10H12N4S. The van der Waals surface area contributed by atoms with Gasteiger partial charge in [0.25, 0.3) is 0 Å².